The van der Waals surface area contributed by atoms with E-state index >= 15 is 0 Å². The van der Waals surface area contributed by atoms with Gasteiger partial charge in [0.05, 0.1) is 11.4 Å². The van der Waals surface area contributed by atoms with Crippen LogP contribution in [0.1, 0.15) is 6.92 Å². The normalized spacial score (nSPS) is 13.2. The van der Waals surface area contributed by atoms with Crippen molar-refractivity contribution in [3.63, 3.8) is 0 Å². The predicted molar refractivity (Wildman–Crippen MR) is 76.4 cm³/mol. The van der Waals surface area contributed by atoms with Gasteiger partial charge in [-0.1, -0.05) is 6.07 Å². The van der Waals surface area contributed by atoms with Crippen LogP contribution in [0.5, 0.6) is 0 Å². The summed E-state index contributed by atoms with van der Waals surface area (Å²) < 4.78 is 24.2. The van der Waals surface area contributed by atoms with Crippen LogP contribution in [0.4, 0.5) is 5.69 Å². The molecule has 0 saturated heterocycles. The third-order valence-electron chi connectivity index (χ3n) is 2.58. The van der Waals surface area contributed by atoms with Crippen LogP contribution in [-0.2, 0) is 9.84 Å². The molecule has 0 radical (unpaired) electrons. The monoisotopic (exact) mass is 279 g/mol. The minimum atomic E-state index is -2.98. The van der Waals surface area contributed by atoms with Crippen LogP contribution in [0.25, 0.3) is 5.69 Å². The van der Waals surface area contributed by atoms with Gasteiger partial charge < -0.3 is 5.32 Å². The Kier molecular flexibility index (Phi) is 3.90. The molecule has 1 aromatic carbocycles. The Morgan fingerprint density at radius 1 is 1.37 bits per heavy atom. The zero-order valence-electron chi connectivity index (χ0n) is 10.9. The molecule has 2 rings (SSSR count). The number of benzene rings is 1. The summed E-state index contributed by atoms with van der Waals surface area (Å²) in [6, 6.07) is 9.42. The SMILES string of the molecule is CC(CS(C)(=O)=O)Nc1cccc(-n2cccn2)c1. The number of rotatable bonds is 5. The van der Waals surface area contributed by atoms with E-state index in [-0.39, 0.29) is 11.8 Å². The number of hydrogen-bond acceptors (Lipinski definition) is 4. The van der Waals surface area contributed by atoms with Gasteiger partial charge in [0.25, 0.3) is 0 Å². The summed E-state index contributed by atoms with van der Waals surface area (Å²) in [5.74, 6) is 0.110. The molecule has 0 saturated carbocycles. The Balaban J connectivity index is 2.12. The molecule has 102 valence electrons. The molecule has 0 bridgehead atoms. The van der Waals surface area contributed by atoms with Crippen LogP contribution in [0.15, 0.2) is 42.7 Å². The van der Waals surface area contributed by atoms with Gasteiger partial charge in [-0.2, -0.15) is 5.10 Å². The molecule has 1 heterocycles. The Bertz CT molecular complexity index is 636. The molecule has 19 heavy (non-hydrogen) atoms. The Labute approximate surface area is 113 Å². The van der Waals surface area contributed by atoms with Crippen LogP contribution in [-0.4, -0.2) is 36.2 Å². The molecule has 5 nitrogen and oxygen atoms in total. The maximum Gasteiger partial charge on any atom is 0.149 e. The van der Waals surface area contributed by atoms with E-state index in [4.69, 9.17) is 0 Å². The minimum Gasteiger partial charge on any atom is -0.382 e. The molecule has 6 heteroatoms. The molecular weight excluding hydrogens is 262 g/mol. The van der Waals surface area contributed by atoms with Gasteiger partial charge in [-0.05, 0) is 31.2 Å². The van der Waals surface area contributed by atoms with Crippen molar-refractivity contribution in [2.45, 2.75) is 13.0 Å². The molecular formula is C13H17N3O2S. The largest absolute Gasteiger partial charge is 0.382 e. The topological polar surface area (TPSA) is 64.0 Å². The molecule has 0 aliphatic rings. The summed E-state index contributed by atoms with van der Waals surface area (Å²) in [7, 11) is -2.98. The van der Waals surface area contributed by atoms with Crippen LogP contribution in [0.2, 0.25) is 0 Å². The molecule has 1 N–H and O–H groups in total. The summed E-state index contributed by atoms with van der Waals surface area (Å²) in [5.41, 5.74) is 1.81. The number of anilines is 1. The quantitative estimate of drug-likeness (QED) is 0.905. The van der Waals surface area contributed by atoms with E-state index in [0.29, 0.717) is 0 Å². The van der Waals surface area contributed by atoms with Crippen molar-refractivity contribution in [3.05, 3.63) is 42.7 Å². The van der Waals surface area contributed by atoms with Crippen LogP contribution in [0.3, 0.4) is 0 Å². The number of nitrogens with one attached hydrogen (secondary N) is 1. The van der Waals surface area contributed by atoms with Crippen LogP contribution in [0, 0.1) is 0 Å². The standard InChI is InChI=1S/C13H17N3O2S/c1-11(10-19(2,17)18)15-12-5-3-6-13(9-12)16-8-4-7-14-16/h3-9,11,15H,10H2,1-2H3. The van der Waals surface area contributed by atoms with Crippen molar-refractivity contribution < 1.29 is 8.42 Å². The fourth-order valence-electron chi connectivity index (χ4n) is 1.94. The highest BCUT2D eigenvalue weighted by atomic mass is 32.2. The average molecular weight is 279 g/mol. The zero-order chi connectivity index (χ0) is 13.9. The van der Waals surface area contributed by atoms with Gasteiger partial charge in [0.2, 0.25) is 0 Å². The van der Waals surface area contributed by atoms with Gasteiger partial charge >= 0.3 is 0 Å². The van der Waals surface area contributed by atoms with Crippen LogP contribution >= 0.6 is 0 Å². The van der Waals surface area contributed by atoms with E-state index in [2.05, 4.69) is 10.4 Å². The summed E-state index contributed by atoms with van der Waals surface area (Å²) in [6.45, 7) is 1.85. The summed E-state index contributed by atoms with van der Waals surface area (Å²) in [5, 5.41) is 7.34. The van der Waals surface area contributed by atoms with E-state index in [1.54, 1.807) is 10.9 Å². The van der Waals surface area contributed by atoms with Gasteiger partial charge in [-0.3, -0.25) is 0 Å². The smallest absolute Gasteiger partial charge is 0.149 e. The second-order valence-electron chi connectivity index (χ2n) is 4.64. The van der Waals surface area contributed by atoms with Crippen molar-refractivity contribution in [1.82, 2.24) is 9.78 Å². The highest BCUT2D eigenvalue weighted by molar-refractivity contribution is 7.90. The first-order chi connectivity index (χ1) is 8.94. The first kappa shape index (κ1) is 13.6. The third-order valence-corrected chi connectivity index (χ3v) is 3.69. The highest BCUT2D eigenvalue weighted by Gasteiger charge is 2.10. The Hall–Kier alpha value is -1.82. The van der Waals surface area contributed by atoms with E-state index < -0.39 is 9.84 Å². The highest BCUT2D eigenvalue weighted by Crippen LogP contribution is 2.15. The molecule has 0 aliphatic carbocycles. The summed E-state index contributed by atoms with van der Waals surface area (Å²) in [4.78, 5) is 0. The Morgan fingerprint density at radius 2 is 2.16 bits per heavy atom. The molecule has 0 amide bonds. The molecule has 2 aromatic rings. The lowest BCUT2D eigenvalue weighted by Gasteiger charge is -2.15. The molecule has 0 fully saturated rings. The maximum absolute atomic E-state index is 11.2. The van der Waals surface area contributed by atoms with E-state index in [0.717, 1.165) is 11.4 Å². The Morgan fingerprint density at radius 3 is 2.79 bits per heavy atom. The number of nitrogens with zero attached hydrogens (tertiary/aromatic N) is 2. The molecule has 1 unspecified atom stereocenters. The number of aromatic nitrogens is 2. The fourth-order valence-corrected chi connectivity index (χ4v) is 2.93. The minimum absolute atomic E-state index is 0.110. The summed E-state index contributed by atoms with van der Waals surface area (Å²) in [6.07, 6.45) is 4.82. The van der Waals surface area contributed by atoms with Crippen molar-refractivity contribution in [2.24, 2.45) is 0 Å². The fraction of sp³-hybridized carbons (Fsp3) is 0.308. The van der Waals surface area contributed by atoms with Crippen molar-refractivity contribution in [3.8, 4) is 5.69 Å². The number of sulfone groups is 1. The van der Waals surface area contributed by atoms with Gasteiger partial charge in [-0.25, -0.2) is 13.1 Å². The lowest BCUT2D eigenvalue weighted by atomic mass is 10.2. The van der Waals surface area contributed by atoms with Gasteiger partial charge in [0.15, 0.2) is 0 Å². The van der Waals surface area contributed by atoms with Gasteiger partial charge in [0, 0.05) is 30.4 Å². The maximum atomic E-state index is 11.2. The zero-order valence-corrected chi connectivity index (χ0v) is 11.8. The van der Waals surface area contributed by atoms with Crippen molar-refractivity contribution in [2.75, 3.05) is 17.3 Å². The molecule has 0 spiro atoms. The number of hydrogen-bond donors (Lipinski definition) is 1. The average Bonchev–Trinajstić information content (AvgIpc) is 2.79. The lowest BCUT2D eigenvalue weighted by molar-refractivity contribution is 0.598. The van der Waals surface area contributed by atoms with E-state index in [1.807, 2.05) is 43.5 Å². The second-order valence-corrected chi connectivity index (χ2v) is 6.82. The van der Waals surface area contributed by atoms with Crippen molar-refractivity contribution in [1.29, 1.82) is 0 Å². The lowest BCUT2D eigenvalue weighted by Crippen LogP contribution is -2.25. The molecule has 1 atom stereocenters. The third kappa shape index (κ3) is 4.10. The van der Waals surface area contributed by atoms with Gasteiger partial charge in [0.1, 0.15) is 9.84 Å². The molecule has 1 aromatic heterocycles. The van der Waals surface area contributed by atoms with E-state index in [1.165, 1.54) is 6.26 Å². The summed E-state index contributed by atoms with van der Waals surface area (Å²) >= 11 is 0. The first-order valence-electron chi connectivity index (χ1n) is 5.98. The first-order valence-corrected chi connectivity index (χ1v) is 8.04. The van der Waals surface area contributed by atoms with Crippen LogP contribution < -0.4 is 5.32 Å². The van der Waals surface area contributed by atoms with E-state index in [9.17, 15) is 8.42 Å². The molecule has 0 aliphatic heterocycles. The van der Waals surface area contributed by atoms with Crippen molar-refractivity contribution >= 4 is 15.5 Å². The van der Waals surface area contributed by atoms with Gasteiger partial charge in [-0.15, -0.1) is 0 Å². The predicted octanol–water partition coefficient (Wildman–Crippen LogP) is 1.72. The second kappa shape index (κ2) is 5.44.